The molecular formula is C10H10NO3P. The Labute approximate surface area is 88.5 Å². The molecule has 78 valence electrons. The first-order valence-electron chi connectivity index (χ1n) is 4.28. The van der Waals surface area contributed by atoms with Crippen LogP contribution in [0.1, 0.15) is 5.56 Å². The van der Waals surface area contributed by atoms with Crippen molar-refractivity contribution >= 4 is 13.9 Å². The number of rotatable bonds is 3. The molecule has 15 heavy (non-hydrogen) atoms. The van der Waals surface area contributed by atoms with E-state index in [1.54, 1.807) is 0 Å². The Bertz CT molecular complexity index is 426. The predicted molar refractivity (Wildman–Crippen MR) is 55.7 cm³/mol. The molecule has 1 atom stereocenters. The van der Waals surface area contributed by atoms with Crippen molar-refractivity contribution in [3.8, 4) is 5.63 Å². The van der Waals surface area contributed by atoms with Gasteiger partial charge in [-0.15, -0.1) is 0 Å². The maximum absolute atomic E-state index is 11.2. The molecule has 1 rings (SSSR count). The van der Waals surface area contributed by atoms with Crippen molar-refractivity contribution in [2.45, 2.75) is 12.6 Å². The van der Waals surface area contributed by atoms with Crippen LogP contribution in [-0.4, -0.2) is 12.0 Å². The molecule has 0 aliphatic heterocycles. The zero-order valence-electron chi connectivity index (χ0n) is 7.92. The average Bonchev–Trinajstić information content (AvgIpc) is 2.27. The molecule has 4 nitrogen and oxygen atoms in total. The topological polar surface area (TPSA) is 69.4 Å². The van der Waals surface area contributed by atoms with Gasteiger partial charge in [-0.1, -0.05) is 0 Å². The predicted octanol–water partition coefficient (Wildman–Crippen LogP) is 1.31. The number of hydrogen-bond donors (Lipinski definition) is 1. The van der Waals surface area contributed by atoms with Gasteiger partial charge < -0.3 is 0 Å². The molecule has 0 fully saturated rings. The van der Waals surface area contributed by atoms with Gasteiger partial charge in [0.15, 0.2) is 0 Å². The summed E-state index contributed by atoms with van der Waals surface area (Å²) in [5.41, 5.74) is 8.37. The number of ether oxygens (including phenoxy) is 1. The van der Waals surface area contributed by atoms with E-state index < -0.39 is 19.9 Å². The van der Waals surface area contributed by atoms with E-state index in [2.05, 4.69) is 5.63 Å². The Balaban J connectivity index is 2.47. The zero-order valence-corrected chi connectivity index (χ0v) is 8.81. The van der Waals surface area contributed by atoms with Crippen LogP contribution in [0.5, 0.6) is 0 Å². The summed E-state index contributed by atoms with van der Waals surface area (Å²) in [6.45, 7) is 0.158. The van der Waals surface area contributed by atoms with Gasteiger partial charge in [0.2, 0.25) is 0 Å². The Morgan fingerprint density at radius 2 is 2.13 bits per heavy atom. The Hall–Kier alpha value is -1.34. The van der Waals surface area contributed by atoms with Crippen LogP contribution in [-0.2, 0) is 20.7 Å². The molecule has 0 amide bonds. The van der Waals surface area contributed by atoms with Crippen molar-refractivity contribution in [2.24, 2.45) is 5.73 Å². The molecule has 0 unspecified atom stereocenters. The summed E-state index contributed by atoms with van der Waals surface area (Å²) in [5.74, 6) is -0.637. The first-order chi connectivity index (χ1) is 7.24. The van der Waals surface area contributed by atoms with Crippen LogP contribution in [0.4, 0.5) is 0 Å². The number of carbonyl (C=O) groups is 1. The van der Waals surface area contributed by atoms with Crippen LogP contribution >= 0.6 is 7.92 Å². The van der Waals surface area contributed by atoms with Crippen LogP contribution in [0.25, 0.3) is 0 Å². The van der Waals surface area contributed by atoms with Crippen LogP contribution in [0.3, 0.4) is 0 Å². The summed E-state index contributed by atoms with van der Waals surface area (Å²) in [4.78, 5) is 11.2. The van der Waals surface area contributed by atoms with Gasteiger partial charge in [-0.3, -0.25) is 0 Å². The third kappa shape index (κ3) is 4.13. The Morgan fingerprint density at radius 3 is 2.73 bits per heavy atom. The fourth-order valence-corrected chi connectivity index (χ4v) is 1.15. The van der Waals surface area contributed by atoms with E-state index >= 15 is 0 Å². The first kappa shape index (κ1) is 11.7. The minimum absolute atomic E-state index is 0.158. The van der Waals surface area contributed by atoms with E-state index in [4.69, 9.17) is 10.5 Å². The second kappa shape index (κ2) is 6.20. The molecule has 1 aromatic rings. The van der Waals surface area contributed by atoms with Gasteiger partial charge in [-0.25, -0.2) is 0 Å². The summed E-state index contributed by atoms with van der Waals surface area (Å²) in [5, 5.41) is 0. The van der Waals surface area contributed by atoms with Crippen molar-refractivity contribution in [3.63, 3.8) is 0 Å². The van der Waals surface area contributed by atoms with Crippen LogP contribution in [0, 0.1) is 5.63 Å². The standard InChI is InChI=1S/C10H10NO3P/c11-9(7-15-13)10(12)14-6-8-4-2-1-3-5-8/h1-5,9H,6,11H2/t9-/m0/s1. The van der Waals surface area contributed by atoms with E-state index in [0.29, 0.717) is 0 Å². The van der Waals surface area contributed by atoms with E-state index in [9.17, 15) is 9.36 Å². The molecule has 0 bridgehead atoms. The van der Waals surface area contributed by atoms with E-state index in [0.717, 1.165) is 5.56 Å². The molecule has 0 aliphatic carbocycles. The van der Waals surface area contributed by atoms with Gasteiger partial charge >= 0.3 is 87.9 Å². The van der Waals surface area contributed by atoms with Crippen LogP contribution < -0.4 is 5.73 Å². The number of benzene rings is 1. The number of esters is 1. The second-order valence-electron chi connectivity index (χ2n) is 2.79. The number of hydrogen-bond acceptors (Lipinski definition) is 4. The van der Waals surface area contributed by atoms with Crippen molar-refractivity contribution in [1.82, 2.24) is 0 Å². The zero-order chi connectivity index (χ0) is 11.1. The monoisotopic (exact) mass is 223 g/mol. The molecule has 0 radical (unpaired) electrons. The molecule has 0 saturated carbocycles. The van der Waals surface area contributed by atoms with Crippen molar-refractivity contribution in [2.75, 3.05) is 0 Å². The molecule has 0 aromatic heterocycles. The number of carbonyl (C=O) groups excluding carboxylic acids is 1. The molecule has 5 heteroatoms. The normalized spacial score (nSPS) is 11.3. The van der Waals surface area contributed by atoms with Crippen LogP contribution in [0.2, 0.25) is 0 Å². The Kier molecular flexibility index (Phi) is 4.85. The Morgan fingerprint density at radius 1 is 1.47 bits per heavy atom. The first-order valence-corrected chi connectivity index (χ1v) is 5.09. The summed E-state index contributed by atoms with van der Waals surface area (Å²) in [6.07, 6.45) is 0. The molecular weight excluding hydrogens is 213 g/mol. The molecule has 0 aliphatic rings. The van der Waals surface area contributed by atoms with Crippen LogP contribution in [0.15, 0.2) is 30.3 Å². The fraction of sp³-hybridized carbons (Fsp3) is 0.200. The van der Waals surface area contributed by atoms with Crippen molar-refractivity contribution in [3.05, 3.63) is 35.9 Å². The summed E-state index contributed by atoms with van der Waals surface area (Å²) < 4.78 is 15.0. The SMILES string of the molecule is N[C@@H](C#P=O)C(=O)OCc1ccccc1. The molecule has 0 saturated heterocycles. The van der Waals surface area contributed by atoms with Gasteiger partial charge in [0.1, 0.15) is 0 Å². The average molecular weight is 223 g/mol. The van der Waals surface area contributed by atoms with Gasteiger partial charge in [-0.05, 0) is 0 Å². The summed E-state index contributed by atoms with van der Waals surface area (Å²) >= 11 is 0. The third-order valence-electron chi connectivity index (χ3n) is 1.67. The van der Waals surface area contributed by atoms with E-state index in [-0.39, 0.29) is 6.61 Å². The third-order valence-corrected chi connectivity index (χ3v) is 2.05. The van der Waals surface area contributed by atoms with Crippen molar-refractivity contribution < 1.29 is 14.1 Å². The van der Waals surface area contributed by atoms with E-state index in [1.165, 1.54) is 0 Å². The second-order valence-corrected chi connectivity index (χ2v) is 3.23. The summed E-state index contributed by atoms with van der Waals surface area (Å²) in [6, 6.07) is 8.16. The van der Waals surface area contributed by atoms with Gasteiger partial charge in [0, 0.05) is 0 Å². The molecule has 2 N–H and O–H groups in total. The van der Waals surface area contributed by atoms with Crippen molar-refractivity contribution in [1.29, 1.82) is 0 Å². The fourth-order valence-electron chi connectivity index (χ4n) is 0.928. The van der Waals surface area contributed by atoms with Gasteiger partial charge in [0.05, 0.1) is 0 Å². The quantitative estimate of drug-likeness (QED) is 0.619. The van der Waals surface area contributed by atoms with Gasteiger partial charge in [-0.2, -0.15) is 0 Å². The minimum atomic E-state index is -1.06. The molecule has 0 heterocycles. The summed E-state index contributed by atoms with van der Waals surface area (Å²) in [7, 11) is -0.395. The number of nitrogens with two attached hydrogens (primary N) is 1. The van der Waals surface area contributed by atoms with Gasteiger partial charge in [0.25, 0.3) is 0 Å². The van der Waals surface area contributed by atoms with E-state index in [1.807, 2.05) is 30.3 Å². The molecule has 1 aromatic carbocycles. The molecule has 0 spiro atoms. The maximum atomic E-state index is 11.2.